The number of para-hydroxylation sites is 1. The Bertz CT molecular complexity index is 1540. The molecular formula is C29H28N6O. The van der Waals surface area contributed by atoms with Crippen molar-refractivity contribution in [1.29, 1.82) is 0 Å². The summed E-state index contributed by atoms with van der Waals surface area (Å²) in [6.45, 7) is 4.86. The summed E-state index contributed by atoms with van der Waals surface area (Å²) in [6, 6.07) is 24.2. The second-order valence-corrected chi connectivity index (χ2v) is 9.18. The van der Waals surface area contributed by atoms with E-state index in [0.29, 0.717) is 26.2 Å². The van der Waals surface area contributed by atoms with E-state index >= 15 is 0 Å². The van der Waals surface area contributed by atoms with Gasteiger partial charge in [0.2, 0.25) is 0 Å². The molecule has 0 aliphatic carbocycles. The van der Waals surface area contributed by atoms with Crippen molar-refractivity contribution in [2.24, 2.45) is 0 Å². The number of amides is 1. The molecule has 180 valence electrons. The fourth-order valence-corrected chi connectivity index (χ4v) is 4.90. The number of benzene rings is 3. The van der Waals surface area contributed by atoms with Gasteiger partial charge in [-0.1, -0.05) is 55.5 Å². The van der Waals surface area contributed by atoms with Crippen molar-refractivity contribution in [1.82, 2.24) is 24.6 Å². The SMILES string of the molecule is CCCc1nc(N2CCN(C(=O)c3ccc4ccccc4c3)CC2)c2cnn(-c3ccccc3)c2n1. The first-order chi connectivity index (χ1) is 17.7. The van der Waals surface area contributed by atoms with Crippen molar-refractivity contribution in [2.45, 2.75) is 19.8 Å². The first-order valence-corrected chi connectivity index (χ1v) is 12.5. The van der Waals surface area contributed by atoms with Gasteiger partial charge in [-0.15, -0.1) is 0 Å². The van der Waals surface area contributed by atoms with Gasteiger partial charge in [-0.25, -0.2) is 14.6 Å². The van der Waals surface area contributed by atoms with E-state index in [-0.39, 0.29) is 5.91 Å². The molecule has 0 unspecified atom stereocenters. The van der Waals surface area contributed by atoms with Crippen LogP contribution < -0.4 is 4.90 Å². The lowest BCUT2D eigenvalue weighted by molar-refractivity contribution is 0.0746. The van der Waals surface area contributed by atoms with Crippen molar-refractivity contribution in [3.8, 4) is 5.69 Å². The van der Waals surface area contributed by atoms with Crippen molar-refractivity contribution < 1.29 is 4.79 Å². The van der Waals surface area contributed by atoms with Crippen LogP contribution in [0.15, 0.2) is 79.0 Å². The van der Waals surface area contributed by atoms with Crippen molar-refractivity contribution >= 4 is 33.5 Å². The van der Waals surface area contributed by atoms with E-state index in [1.807, 2.05) is 82.5 Å². The van der Waals surface area contributed by atoms with Crippen LogP contribution in [-0.4, -0.2) is 56.7 Å². The van der Waals surface area contributed by atoms with Crippen LogP contribution in [-0.2, 0) is 6.42 Å². The topological polar surface area (TPSA) is 67.2 Å². The van der Waals surface area contributed by atoms with Gasteiger partial charge in [0.15, 0.2) is 5.65 Å². The average Bonchev–Trinajstić information content (AvgIpc) is 3.37. The molecule has 6 rings (SSSR count). The zero-order valence-corrected chi connectivity index (χ0v) is 20.3. The largest absolute Gasteiger partial charge is 0.352 e. The van der Waals surface area contributed by atoms with Crippen molar-refractivity contribution in [3.63, 3.8) is 0 Å². The summed E-state index contributed by atoms with van der Waals surface area (Å²) in [5, 5.41) is 7.82. The van der Waals surface area contributed by atoms with E-state index < -0.39 is 0 Å². The lowest BCUT2D eigenvalue weighted by Crippen LogP contribution is -2.49. The minimum Gasteiger partial charge on any atom is -0.352 e. The third kappa shape index (κ3) is 4.06. The zero-order chi connectivity index (χ0) is 24.5. The van der Waals surface area contributed by atoms with E-state index in [9.17, 15) is 4.79 Å². The summed E-state index contributed by atoms with van der Waals surface area (Å²) in [7, 11) is 0. The summed E-state index contributed by atoms with van der Waals surface area (Å²) in [5.41, 5.74) is 2.54. The molecule has 36 heavy (non-hydrogen) atoms. The number of hydrogen-bond acceptors (Lipinski definition) is 5. The summed E-state index contributed by atoms with van der Waals surface area (Å²) in [6.07, 6.45) is 3.64. The molecule has 5 aromatic rings. The van der Waals surface area contributed by atoms with E-state index in [1.54, 1.807) is 0 Å². The van der Waals surface area contributed by atoms with Crippen LogP contribution >= 0.6 is 0 Å². The lowest BCUT2D eigenvalue weighted by atomic mass is 10.1. The smallest absolute Gasteiger partial charge is 0.253 e. The molecule has 1 aliphatic heterocycles. The number of rotatable bonds is 5. The molecule has 2 aromatic heterocycles. The van der Waals surface area contributed by atoms with Crippen LogP contribution in [0.3, 0.4) is 0 Å². The molecule has 3 heterocycles. The standard InChI is InChI=1S/C29H28N6O/c1-2-8-26-31-27(25-20-30-35(28(25)32-26)24-11-4-3-5-12-24)33-15-17-34(18-16-33)29(36)23-14-13-21-9-6-7-10-22(21)19-23/h3-7,9-14,19-20H,2,8,15-18H2,1H3. The normalized spacial score (nSPS) is 14.0. The minimum absolute atomic E-state index is 0.0804. The summed E-state index contributed by atoms with van der Waals surface area (Å²) in [5.74, 6) is 1.81. The lowest BCUT2D eigenvalue weighted by Gasteiger charge is -2.35. The van der Waals surface area contributed by atoms with Crippen LogP contribution in [0.25, 0.3) is 27.5 Å². The van der Waals surface area contributed by atoms with Crippen LogP contribution in [0.4, 0.5) is 5.82 Å². The Morgan fingerprint density at radius 1 is 0.861 bits per heavy atom. The van der Waals surface area contributed by atoms with Crippen molar-refractivity contribution in [2.75, 3.05) is 31.1 Å². The van der Waals surface area contributed by atoms with Crippen LogP contribution in [0.1, 0.15) is 29.5 Å². The molecule has 1 aliphatic rings. The zero-order valence-electron chi connectivity index (χ0n) is 20.3. The van der Waals surface area contributed by atoms with E-state index in [0.717, 1.165) is 57.5 Å². The quantitative estimate of drug-likeness (QED) is 0.362. The Labute approximate surface area is 210 Å². The number of carbonyl (C=O) groups is 1. The Kier molecular flexibility index (Phi) is 5.81. The second-order valence-electron chi connectivity index (χ2n) is 9.18. The highest BCUT2D eigenvalue weighted by Crippen LogP contribution is 2.27. The molecule has 0 N–H and O–H groups in total. The molecule has 0 atom stereocenters. The highest BCUT2D eigenvalue weighted by molar-refractivity contribution is 5.98. The molecule has 0 spiro atoms. The monoisotopic (exact) mass is 476 g/mol. The van der Waals surface area contributed by atoms with Gasteiger partial charge in [0, 0.05) is 38.2 Å². The number of hydrogen-bond donors (Lipinski definition) is 0. The third-order valence-corrected chi connectivity index (χ3v) is 6.79. The van der Waals surface area contributed by atoms with E-state index in [1.165, 1.54) is 0 Å². The Morgan fingerprint density at radius 2 is 1.61 bits per heavy atom. The Balaban J connectivity index is 1.26. The van der Waals surface area contributed by atoms with Gasteiger partial charge in [0.25, 0.3) is 5.91 Å². The summed E-state index contributed by atoms with van der Waals surface area (Å²) < 4.78 is 1.89. The molecule has 1 fully saturated rings. The molecule has 7 nitrogen and oxygen atoms in total. The maximum absolute atomic E-state index is 13.3. The molecular weight excluding hydrogens is 448 g/mol. The van der Waals surface area contributed by atoms with E-state index in [2.05, 4.69) is 23.0 Å². The first-order valence-electron chi connectivity index (χ1n) is 12.5. The average molecular weight is 477 g/mol. The van der Waals surface area contributed by atoms with Gasteiger partial charge in [0.1, 0.15) is 11.6 Å². The fourth-order valence-electron chi connectivity index (χ4n) is 4.90. The molecule has 0 saturated carbocycles. The van der Waals surface area contributed by atoms with Crippen LogP contribution in [0.5, 0.6) is 0 Å². The number of aromatic nitrogens is 4. The molecule has 7 heteroatoms. The third-order valence-electron chi connectivity index (χ3n) is 6.79. The minimum atomic E-state index is 0.0804. The summed E-state index contributed by atoms with van der Waals surface area (Å²) >= 11 is 0. The van der Waals surface area contributed by atoms with Gasteiger partial charge in [-0.2, -0.15) is 5.10 Å². The van der Waals surface area contributed by atoms with E-state index in [4.69, 9.17) is 9.97 Å². The molecule has 0 bridgehead atoms. The van der Waals surface area contributed by atoms with Gasteiger partial charge in [0.05, 0.1) is 17.3 Å². The predicted octanol–water partition coefficient (Wildman–Crippen LogP) is 4.88. The van der Waals surface area contributed by atoms with Gasteiger partial charge >= 0.3 is 0 Å². The van der Waals surface area contributed by atoms with Gasteiger partial charge in [-0.3, -0.25) is 4.79 Å². The number of aryl methyl sites for hydroxylation is 1. The van der Waals surface area contributed by atoms with Crippen molar-refractivity contribution in [3.05, 3.63) is 90.4 Å². The molecule has 0 radical (unpaired) electrons. The Morgan fingerprint density at radius 3 is 2.39 bits per heavy atom. The number of anilines is 1. The maximum atomic E-state index is 13.3. The first kappa shape index (κ1) is 22.2. The number of fused-ring (bicyclic) bond motifs is 2. The number of piperazine rings is 1. The second kappa shape index (κ2) is 9.41. The molecule has 1 saturated heterocycles. The molecule has 3 aromatic carbocycles. The van der Waals surface area contributed by atoms with Crippen LogP contribution in [0, 0.1) is 0 Å². The fraction of sp³-hybridized carbons (Fsp3) is 0.241. The predicted molar refractivity (Wildman–Crippen MR) is 143 cm³/mol. The van der Waals surface area contributed by atoms with Gasteiger partial charge in [-0.05, 0) is 41.5 Å². The Hall–Kier alpha value is -4.26. The maximum Gasteiger partial charge on any atom is 0.253 e. The van der Waals surface area contributed by atoms with Crippen LogP contribution in [0.2, 0.25) is 0 Å². The highest BCUT2D eigenvalue weighted by Gasteiger charge is 2.26. The number of nitrogens with zero attached hydrogens (tertiary/aromatic N) is 6. The number of carbonyl (C=O) groups excluding carboxylic acids is 1. The molecule has 1 amide bonds. The van der Waals surface area contributed by atoms with Gasteiger partial charge < -0.3 is 9.80 Å². The highest BCUT2D eigenvalue weighted by atomic mass is 16.2. The summed E-state index contributed by atoms with van der Waals surface area (Å²) in [4.78, 5) is 27.3.